The van der Waals surface area contributed by atoms with Gasteiger partial charge in [0, 0.05) is 36.6 Å². The minimum atomic E-state index is -0.0403. The van der Waals surface area contributed by atoms with Crippen molar-refractivity contribution in [3.05, 3.63) is 42.0 Å². The van der Waals surface area contributed by atoms with Crippen LogP contribution in [0.25, 0.3) is 10.8 Å². The lowest BCUT2D eigenvalue weighted by Gasteiger charge is -2.16. The second kappa shape index (κ2) is 7.27. The van der Waals surface area contributed by atoms with Crippen LogP contribution in [0, 0.1) is 0 Å². The van der Waals surface area contributed by atoms with E-state index < -0.39 is 0 Å². The van der Waals surface area contributed by atoms with E-state index in [1.54, 1.807) is 0 Å². The van der Waals surface area contributed by atoms with Crippen LogP contribution in [-0.2, 0) is 4.74 Å². The number of rotatable bonds is 7. The summed E-state index contributed by atoms with van der Waals surface area (Å²) in [4.78, 5) is 0. The fourth-order valence-electron chi connectivity index (χ4n) is 2.26. The quantitative estimate of drug-likeness (QED) is 0.783. The summed E-state index contributed by atoms with van der Waals surface area (Å²) in [5, 5.41) is 2.30. The predicted octanol–water partition coefficient (Wildman–Crippen LogP) is 3.66. The highest BCUT2D eigenvalue weighted by atomic mass is 16.5. The molecule has 2 aromatic carbocycles. The third-order valence-corrected chi connectivity index (χ3v) is 3.28. The number of nitrogens with two attached hydrogens (primary N) is 1. The molecule has 1 atom stereocenters. The number of hydrogen-bond donors (Lipinski definition) is 1. The number of ether oxygens (including phenoxy) is 2. The molecule has 3 heteroatoms. The van der Waals surface area contributed by atoms with Crippen LogP contribution in [0.3, 0.4) is 0 Å². The first-order valence-electron chi connectivity index (χ1n) is 7.21. The molecule has 0 aromatic heterocycles. The molecule has 20 heavy (non-hydrogen) atoms. The molecule has 108 valence electrons. The average molecular weight is 273 g/mol. The molecule has 0 amide bonds. The van der Waals surface area contributed by atoms with E-state index in [9.17, 15) is 0 Å². The molecule has 0 aliphatic rings. The van der Waals surface area contributed by atoms with Gasteiger partial charge in [-0.2, -0.15) is 0 Å². The zero-order valence-corrected chi connectivity index (χ0v) is 12.3. The van der Waals surface area contributed by atoms with Crippen molar-refractivity contribution in [2.75, 3.05) is 19.8 Å². The van der Waals surface area contributed by atoms with Crippen LogP contribution in [0.4, 0.5) is 0 Å². The zero-order valence-electron chi connectivity index (χ0n) is 12.3. The second-order valence-electron chi connectivity index (χ2n) is 4.89. The molecule has 0 aliphatic carbocycles. The molecule has 2 rings (SSSR count). The van der Waals surface area contributed by atoms with Gasteiger partial charge in [0.25, 0.3) is 0 Å². The topological polar surface area (TPSA) is 44.5 Å². The van der Waals surface area contributed by atoms with E-state index in [1.165, 1.54) is 5.39 Å². The first-order valence-corrected chi connectivity index (χ1v) is 7.21. The molecule has 0 unspecified atom stereocenters. The van der Waals surface area contributed by atoms with Gasteiger partial charge in [-0.25, -0.2) is 0 Å². The van der Waals surface area contributed by atoms with E-state index in [2.05, 4.69) is 24.3 Å². The molecule has 0 spiro atoms. The fourth-order valence-corrected chi connectivity index (χ4v) is 2.26. The molecule has 0 radical (unpaired) electrons. The first-order chi connectivity index (χ1) is 9.74. The van der Waals surface area contributed by atoms with Crippen LogP contribution in [-0.4, -0.2) is 19.8 Å². The smallest absolute Gasteiger partial charge is 0.131 e. The summed E-state index contributed by atoms with van der Waals surface area (Å²) >= 11 is 0. The van der Waals surface area contributed by atoms with Crippen LogP contribution in [0.2, 0.25) is 0 Å². The van der Waals surface area contributed by atoms with Crippen molar-refractivity contribution >= 4 is 10.8 Å². The van der Waals surface area contributed by atoms with Crippen LogP contribution in [0.15, 0.2) is 36.4 Å². The lowest BCUT2D eigenvalue weighted by Crippen LogP contribution is -2.10. The molecular weight excluding hydrogens is 250 g/mol. The Hall–Kier alpha value is -1.58. The summed E-state index contributed by atoms with van der Waals surface area (Å²) in [6.45, 7) is 6.11. The average Bonchev–Trinajstić information content (AvgIpc) is 2.46. The normalized spacial score (nSPS) is 12.6. The van der Waals surface area contributed by atoms with Crippen molar-refractivity contribution in [2.24, 2.45) is 5.73 Å². The van der Waals surface area contributed by atoms with Gasteiger partial charge in [0.1, 0.15) is 5.75 Å². The van der Waals surface area contributed by atoms with Crippen molar-refractivity contribution in [3.8, 4) is 5.75 Å². The predicted molar refractivity (Wildman–Crippen MR) is 83.2 cm³/mol. The van der Waals surface area contributed by atoms with E-state index in [-0.39, 0.29) is 6.04 Å². The Balaban J connectivity index is 2.21. The number of fused-ring (bicyclic) bond motifs is 1. The molecule has 0 aliphatic heterocycles. The zero-order chi connectivity index (χ0) is 14.4. The van der Waals surface area contributed by atoms with Crippen LogP contribution in [0.5, 0.6) is 5.75 Å². The largest absolute Gasteiger partial charge is 0.493 e. The van der Waals surface area contributed by atoms with Crippen molar-refractivity contribution in [3.63, 3.8) is 0 Å². The highest BCUT2D eigenvalue weighted by Crippen LogP contribution is 2.32. The van der Waals surface area contributed by atoms with Crippen LogP contribution < -0.4 is 10.5 Å². The molecule has 0 fully saturated rings. The van der Waals surface area contributed by atoms with Gasteiger partial charge in [0.15, 0.2) is 0 Å². The molecule has 2 aromatic rings. The maximum absolute atomic E-state index is 6.05. The summed E-state index contributed by atoms with van der Waals surface area (Å²) in [7, 11) is 0. The fraction of sp³-hybridized carbons (Fsp3) is 0.412. The third-order valence-electron chi connectivity index (χ3n) is 3.28. The molecule has 0 heterocycles. The Morgan fingerprint density at radius 2 is 1.90 bits per heavy atom. The Morgan fingerprint density at radius 1 is 1.10 bits per heavy atom. The maximum atomic E-state index is 6.05. The Morgan fingerprint density at radius 3 is 2.65 bits per heavy atom. The lowest BCUT2D eigenvalue weighted by molar-refractivity contribution is 0.131. The van der Waals surface area contributed by atoms with E-state index in [0.717, 1.165) is 36.3 Å². The SMILES string of the molecule is CCOCCCOc1c([C@H](C)N)ccc2ccccc12. The van der Waals surface area contributed by atoms with Gasteiger partial charge >= 0.3 is 0 Å². The van der Waals surface area contributed by atoms with Crippen molar-refractivity contribution in [2.45, 2.75) is 26.3 Å². The Labute approximate surface area is 120 Å². The van der Waals surface area contributed by atoms with Crippen LogP contribution >= 0.6 is 0 Å². The lowest BCUT2D eigenvalue weighted by atomic mass is 10.0. The first kappa shape index (κ1) is 14.8. The summed E-state index contributed by atoms with van der Waals surface area (Å²) in [5.41, 5.74) is 7.11. The Bertz CT molecular complexity index is 552. The highest BCUT2D eigenvalue weighted by Gasteiger charge is 2.11. The van der Waals surface area contributed by atoms with Gasteiger partial charge in [-0.1, -0.05) is 36.4 Å². The standard InChI is InChI=1S/C17H23NO2/c1-3-19-11-6-12-20-17-15(13(2)18)10-9-14-7-4-5-8-16(14)17/h4-5,7-10,13H,3,6,11-12,18H2,1-2H3/t13-/m0/s1. The van der Waals surface area contributed by atoms with Crippen molar-refractivity contribution < 1.29 is 9.47 Å². The highest BCUT2D eigenvalue weighted by molar-refractivity contribution is 5.89. The summed E-state index contributed by atoms with van der Waals surface area (Å²) < 4.78 is 11.3. The summed E-state index contributed by atoms with van der Waals surface area (Å²) in [6.07, 6.45) is 0.884. The second-order valence-corrected chi connectivity index (χ2v) is 4.89. The van der Waals surface area contributed by atoms with Gasteiger partial charge in [0.2, 0.25) is 0 Å². The summed E-state index contributed by atoms with van der Waals surface area (Å²) in [5.74, 6) is 0.912. The van der Waals surface area contributed by atoms with Gasteiger partial charge < -0.3 is 15.2 Å². The van der Waals surface area contributed by atoms with E-state index in [1.807, 2.05) is 26.0 Å². The van der Waals surface area contributed by atoms with E-state index in [0.29, 0.717) is 6.61 Å². The minimum Gasteiger partial charge on any atom is -0.493 e. The number of hydrogen-bond acceptors (Lipinski definition) is 3. The molecule has 3 nitrogen and oxygen atoms in total. The maximum Gasteiger partial charge on any atom is 0.131 e. The van der Waals surface area contributed by atoms with Gasteiger partial charge in [-0.15, -0.1) is 0 Å². The van der Waals surface area contributed by atoms with Crippen LogP contribution in [0.1, 0.15) is 31.9 Å². The van der Waals surface area contributed by atoms with Gasteiger partial charge in [0.05, 0.1) is 6.61 Å². The van der Waals surface area contributed by atoms with Crippen molar-refractivity contribution in [1.82, 2.24) is 0 Å². The van der Waals surface area contributed by atoms with E-state index >= 15 is 0 Å². The Kier molecular flexibility index (Phi) is 5.39. The van der Waals surface area contributed by atoms with Gasteiger partial charge in [-0.3, -0.25) is 0 Å². The molecule has 0 bridgehead atoms. The molecular formula is C17H23NO2. The molecule has 2 N–H and O–H groups in total. The summed E-state index contributed by atoms with van der Waals surface area (Å²) in [6, 6.07) is 12.4. The number of benzene rings is 2. The third kappa shape index (κ3) is 3.50. The monoisotopic (exact) mass is 273 g/mol. The van der Waals surface area contributed by atoms with Gasteiger partial charge in [-0.05, 0) is 19.2 Å². The minimum absolute atomic E-state index is 0.0403. The molecule has 0 saturated heterocycles. The molecule has 0 saturated carbocycles. The van der Waals surface area contributed by atoms with E-state index in [4.69, 9.17) is 15.2 Å². The van der Waals surface area contributed by atoms with Crippen molar-refractivity contribution in [1.29, 1.82) is 0 Å².